The summed E-state index contributed by atoms with van der Waals surface area (Å²) in [6.45, 7) is 5.30. The van der Waals surface area contributed by atoms with Gasteiger partial charge in [-0.2, -0.15) is 4.98 Å². The summed E-state index contributed by atoms with van der Waals surface area (Å²) in [7, 11) is 0. The molecule has 1 aromatic heterocycles. The topological polar surface area (TPSA) is 91.4 Å². The minimum absolute atomic E-state index is 0.214. The highest BCUT2D eigenvalue weighted by atomic mass is 19.1. The third-order valence-electron chi connectivity index (χ3n) is 4.07. The molecule has 1 aromatic carbocycles. The van der Waals surface area contributed by atoms with Crippen molar-refractivity contribution in [1.82, 2.24) is 15.3 Å². The van der Waals surface area contributed by atoms with Crippen molar-refractivity contribution < 1.29 is 18.3 Å². The molecule has 3 rings (SSSR count). The summed E-state index contributed by atoms with van der Waals surface area (Å²) in [5.74, 6) is -0.406. The molecule has 3 N–H and O–H groups in total. The molecule has 28 heavy (non-hydrogen) atoms. The minimum atomic E-state index is -0.836. The highest BCUT2D eigenvalue weighted by molar-refractivity contribution is 5.89. The van der Waals surface area contributed by atoms with Crippen LogP contribution in [-0.2, 0) is 4.74 Å². The second-order valence-electron chi connectivity index (χ2n) is 6.19. The normalized spacial score (nSPS) is 13.9. The van der Waals surface area contributed by atoms with Crippen molar-refractivity contribution >= 4 is 23.5 Å². The number of amides is 2. The van der Waals surface area contributed by atoms with Gasteiger partial charge in [0.15, 0.2) is 0 Å². The number of anilines is 3. The number of carbonyl (C=O) groups excluding carboxylic acids is 1. The van der Waals surface area contributed by atoms with Crippen molar-refractivity contribution in [2.24, 2.45) is 0 Å². The van der Waals surface area contributed by atoms with E-state index in [2.05, 4.69) is 30.8 Å². The van der Waals surface area contributed by atoms with Crippen LogP contribution in [0, 0.1) is 18.6 Å². The zero-order valence-electron chi connectivity index (χ0n) is 15.5. The van der Waals surface area contributed by atoms with E-state index >= 15 is 0 Å². The number of hydrogen-bond donors (Lipinski definition) is 3. The summed E-state index contributed by atoms with van der Waals surface area (Å²) in [6.07, 6.45) is 0. The number of nitrogens with zero attached hydrogens (tertiary/aromatic N) is 3. The van der Waals surface area contributed by atoms with Gasteiger partial charge in [0, 0.05) is 37.9 Å². The lowest BCUT2D eigenvalue weighted by Crippen LogP contribution is -2.37. The Bertz CT molecular complexity index is 809. The van der Waals surface area contributed by atoms with Gasteiger partial charge in [0.25, 0.3) is 0 Å². The van der Waals surface area contributed by atoms with Crippen LogP contribution in [0.5, 0.6) is 0 Å². The Labute approximate surface area is 161 Å². The molecule has 0 saturated carbocycles. The van der Waals surface area contributed by atoms with E-state index in [9.17, 15) is 13.6 Å². The highest BCUT2D eigenvalue weighted by Crippen LogP contribution is 2.18. The largest absolute Gasteiger partial charge is 0.378 e. The van der Waals surface area contributed by atoms with Gasteiger partial charge in [-0.05, 0) is 19.1 Å². The van der Waals surface area contributed by atoms with Gasteiger partial charge >= 0.3 is 6.03 Å². The molecule has 2 amide bonds. The van der Waals surface area contributed by atoms with E-state index in [4.69, 9.17) is 4.74 Å². The summed E-state index contributed by atoms with van der Waals surface area (Å²) in [5, 5.41) is 7.72. The van der Waals surface area contributed by atoms with Crippen LogP contribution in [0.4, 0.5) is 31.0 Å². The first-order chi connectivity index (χ1) is 13.5. The maximum absolute atomic E-state index is 13.5. The Morgan fingerprint density at radius 1 is 1.18 bits per heavy atom. The van der Waals surface area contributed by atoms with Gasteiger partial charge < -0.3 is 25.6 Å². The Hall–Kier alpha value is -3.01. The van der Waals surface area contributed by atoms with Crippen LogP contribution in [0.3, 0.4) is 0 Å². The van der Waals surface area contributed by atoms with E-state index in [1.54, 1.807) is 0 Å². The second kappa shape index (κ2) is 9.27. The maximum Gasteiger partial charge on any atom is 0.319 e. The van der Waals surface area contributed by atoms with Crippen molar-refractivity contribution in [2.75, 3.05) is 54.9 Å². The summed E-state index contributed by atoms with van der Waals surface area (Å²) >= 11 is 0. The number of urea groups is 1. The fraction of sp³-hybridized carbons (Fsp3) is 0.389. The number of ether oxygens (including phenoxy) is 1. The molecule has 0 radical (unpaired) electrons. The third-order valence-corrected chi connectivity index (χ3v) is 4.07. The first kappa shape index (κ1) is 19.7. The molecular weight excluding hydrogens is 370 g/mol. The highest BCUT2D eigenvalue weighted by Gasteiger charge is 2.14. The van der Waals surface area contributed by atoms with Crippen molar-refractivity contribution in [1.29, 1.82) is 0 Å². The smallest absolute Gasteiger partial charge is 0.319 e. The maximum atomic E-state index is 13.5. The first-order valence-electron chi connectivity index (χ1n) is 8.94. The summed E-state index contributed by atoms with van der Waals surface area (Å²) in [4.78, 5) is 22.7. The van der Waals surface area contributed by atoms with Gasteiger partial charge in [-0.15, -0.1) is 0 Å². The summed E-state index contributed by atoms with van der Waals surface area (Å²) in [5.41, 5.74) is 0.338. The van der Waals surface area contributed by atoms with Crippen molar-refractivity contribution in [3.8, 4) is 0 Å². The molecule has 1 aliphatic heterocycles. The van der Waals surface area contributed by atoms with Crippen LogP contribution in [0.25, 0.3) is 0 Å². The number of benzene rings is 1. The Morgan fingerprint density at radius 2 is 1.89 bits per heavy atom. The van der Waals surface area contributed by atoms with Gasteiger partial charge in [0.2, 0.25) is 5.95 Å². The first-order valence-corrected chi connectivity index (χ1v) is 8.94. The van der Waals surface area contributed by atoms with Crippen LogP contribution in [0.2, 0.25) is 0 Å². The van der Waals surface area contributed by atoms with Crippen LogP contribution in [-0.4, -0.2) is 55.4 Å². The van der Waals surface area contributed by atoms with Crippen LogP contribution in [0.15, 0.2) is 24.3 Å². The fourth-order valence-corrected chi connectivity index (χ4v) is 2.71. The van der Waals surface area contributed by atoms with Crippen molar-refractivity contribution in [2.45, 2.75) is 6.92 Å². The van der Waals surface area contributed by atoms with E-state index in [1.165, 1.54) is 6.07 Å². The summed E-state index contributed by atoms with van der Waals surface area (Å²) in [6, 6.07) is 4.57. The Kier molecular flexibility index (Phi) is 6.53. The predicted octanol–water partition coefficient (Wildman–Crippen LogP) is 2.13. The molecular formula is C18H22F2N6O2. The second-order valence-corrected chi connectivity index (χ2v) is 6.19. The molecule has 0 unspecified atom stereocenters. The molecule has 0 atom stereocenters. The number of carbonyl (C=O) groups is 1. The lowest BCUT2D eigenvalue weighted by molar-refractivity contribution is 0.122. The zero-order chi connectivity index (χ0) is 19.9. The lowest BCUT2D eigenvalue weighted by Gasteiger charge is -2.28. The van der Waals surface area contributed by atoms with E-state index in [-0.39, 0.29) is 6.54 Å². The molecule has 2 heterocycles. The molecule has 150 valence electrons. The number of halogens is 2. The molecule has 0 bridgehead atoms. The standard InChI is InChI=1S/C18H22F2N6O2/c1-12-11-15(26-7-9-28-10-8-26)24-17(23-12)21-5-6-22-18(27)25-16-13(19)3-2-4-14(16)20/h2-4,11H,5-10H2,1H3,(H,21,23,24)(H2,22,25,27). The molecule has 10 heteroatoms. The Morgan fingerprint density at radius 3 is 2.61 bits per heavy atom. The molecule has 0 spiro atoms. The van der Waals surface area contributed by atoms with Gasteiger partial charge in [-0.3, -0.25) is 0 Å². The molecule has 1 fully saturated rings. The number of hydrogen-bond acceptors (Lipinski definition) is 6. The van der Waals surface area contributed by atoms with Crippen LogP contribution in [0.1, 0.15) is 5.69 Å². The molecule has 1 aliphatic rings. The van der Waals surface area contributed by atoms with E-state index < -0.39 is 23.4 Å². The molecule has 8 nitrogen and oxygen atoms in total. The van der Waals surface area contributed by atoms with E-state index in [1.807, 2.05) is 13.0 Å². The van der Waals surface area contributed by atoms with Gasteiger partial charge in [0.05, 0.1) is 13.2 Å². The van der Waals surface area contributed by atoms with E-state index in [0.29, 0.717) is 25.7 Å². The zero-order valence-corrected chi connectivity index (χ0v) is 15.5. The SMILES string of the molecule is Cc1cc(N2CCOCC2)nc(NCCNC(=O)Nc2c(F)cccc2F)n1. The predicted molar refractivity (Wildman–Crippen MR) is 102 cm³/mol. The van der Waals surface area contributed by atoms with Crippen molar-refractivity contribution in [3.05, 3.63) is 41.6 Å². The fourth-order valence-electron chi connectivity index (χ4n) is 2.71. The van der Waals surface area contributed by atoms with Crippen LogP contribution < -0.4 is 20.9 Å². The van der Waals surface area contributed by atoms with E-state index in [0.717, 1.165) is 36.7 Å². The van der Waals surface area contributed by atoms with Gasteiger partial charge in [0.1, 0.15) is 23.1 Å². The van der Waals surface area contributed by atoms with Gasteiger partial charge in [-0.1, -0.05) is 6.07 Å². The lowest BCUT2D eigenvalue weighted by atomic mass is 10.3. The quantitative estimate of drug-likeness (QED) is 0.653. The third kappa shape index (κ3) is 5.26. The number of morpholine rings is 1. The molecule has 0 aliphatic carbocycles. The molecule has 1 saturated heterocycles. The van der Waals surface area contributed by atoms with Crippen LogP contribution >= 0.6 is 0 Å². The summed E-state index contributed by atoms with van der Waals surface area (Å²) < 4.78 is 32.4. The Balaban J connectivity index is 1.48. The number of para-hydroxylation sites is 1. The monoisotopic (exact) mass is 392 g/mol. The minimum Gasteiger partial charge on any atom is -0.378 e. The molecule has 2 aromatic rings. The van der Waals surface area contributed by atoms with Crippen molar-refractivity contribution in [3.63, 3.8) is 0 Å². The number of nitrogens with one attached hydrogen (secondary N) is 3. The average Bonchev–Trinajstić information content (AvgIpc) is 2.68. The number of aryl methyl sites for hydroxylation is 1. The average molecular weight is 392 g/mol. The number of aromatic nitrogens is 2. The van der Waals surface area contributed by atoms with Gasteiger partial charge in [-0.25, -0.2) is 18.6 Å². The number of rotatable bonds is 6.